The second-order valence-corrected chi connectivity index (χ2v) is 5.00. The first-order valence-corrected chi connectivity index (χ1v) is 6.33. The van der Waals surface area contributed by atoms with Crippen molar-refractivity contribution in [3.8, 4) is 0 Å². The van der Waals surface area contributed by atoms with E-state index in [0.29, 0.717) is 23.3 Å². The first-order chi connectivity index (χ1) is 7.76. The van der Waals surface area contributed by atoms with Crippen molar-refractivity contribution in [2.45, 2.75) is 50.7 Å². The fourth-order valence-corrected chi connectivity index (χ4v) is 2.95. The molecule has 1 aromatic rings. The number of fused-ring (bicyclic) bond motifs is 2. The molecule has 3 nitrogen and oxygen atoms in total. The summed E-state index contributed by atoms with van der Waals surface area (Å²) >= 11 is 6.02. The van der Waals surface area contributed by atoms with Crippen molar-refractivity contribution in [2.75, 3.05) is 0 Å². The number of aromatic nitrogens is 2. The predicted octanol–water partition coefficient (Wildman–Crippen LogP) is 2.73. The molecule has 3 rings (SSSR count). The fourth-order valence-electron chi connectivity index (χ4n) is 2.74. The van der Waals surface area contributed by atoms with Gasteiger partial charge in [0.25, 0.3) is 0 Å². The van der Waals surface area contributed by atoms with Gasteiger partial charge in [-0.05, 0) is 31.7 Å². The van der Waals surface area contributed by atoms with Crippen LogP contribution < -0.4 is 0 Å². The van der Waals surface area contributed by atoms with E-state index in [1.807, 2.05) is 6.07 Å². The number of hydrogen-bond donors (Lipinski definition) is 0. The third-order valence-corrected chi connectivity index (χ3v) is 3.76. The standard InChI is InChI=1S/C12H15ClN2O/c1-2-7-5-11(13)15-12(14-7)9-6-8-3-4-10(9)16-8/h5,8-10H,2-4,6H2,1H3. The molecule has 4 heteroatoms. The van der Waals surface area contributed by atoms with E-state index in [0.717, 1.165) is 30.8 Å². The van der Waals surface area contributed by atoms with Gasteiger partial charge in [-0.1, -0.05) is 18.5 Å². The van der Waals surface area contributed by atoms with Crippen molar-refractivity contribution in [1.29, 1.82) is 0 Å². The van der Waals surface area contributed by atoms with Crippen LogP contribution in [0.15, 0.2) is 6.07 Å². The number of rotatable bonds is 2. The molecule has 0 aromatic carbocycles. The zero-order chi connectivity index (χ0) is 11.1. The summed E-state index contributed by atoms with van der Waals surface area (Å²) in [5.74, 6) is 1.25. The lowest BCUT2D eigenvalue weighted by molar-refractivity contribution is 0.0998. The summed E-state index contributed by atoms with van der Waals surface area (Å²) in [7, 11) is 0. The van der Waals surface area contributed by atoms with Crippen LogP contribution in [0.3, 0.4) is 0 Å². The lowest BCUT2D eigenvalue weighted by Gasteiger charge is -2.17. The Morgan fingerprint density at radius 2 is 2.31 bits per heavy atom. The van der Waals surface area contributed by atoms with E-state index in [1.54, 1.807) is 0 Å². The van der Waals surface area contributed by atoms with E-state index in [-0.39, 0.29) is 0 Å². The van der Waals surface area contributed by atoms with E-state index in [1.165, 1.54) is 6.42 Å². The van der Waals surface area contributed by atoms with Crippen molar-refractivity contribution in [3.05, 3.63) is 22.7 Å². The molecular weight excluding hydrogens is 224 g/mol. The zero-order valence-corrected chi connectivity index (χ0v) is 10.1. The molecule has 2 saturated heterocycles. The molecule has 1 aromatic heterocycles. The Kier molecular flexibility index (Phi) is 2.60. The van der Waals surface area contributed by atoms with Crippen LogP contribution in [-0.2, 0) is 11.2 Å². The maximum Gasteiger partial charge on any atom is 0.136 e. The van der Waals surface area contributed by atoms with Gasteiger partial charge < -0.3 is 4.74 Å². The van der Waals surface area contributed by atoms with Crippen LogP contribution in [0.25, 0.3) is 0 Å². The van der Waals surface area contributed by atoms with Gasteiger partial charge in [-0.2, -0.15) is 0 Å². The minimum absolute atomic E-state index is 0.327. The van der Waals surface area contributed by atoms with Crippen LogP contribution in [0.5, 0.6) is 0 Å². The summed E-state index contributed by atoms with van der Waals surface area (Å²) in [6.45, 7) is 2.08. The second kappa shape index (κ2) is 3.97. The first-order valence-electron chi connectivity index (χ1n) is 5.95. The molecule has 0 N–H and O–H groups in total. The maximum atomic E-state index is 6.02. The van der Waals surface area contributed by atoms with Gasteiger partial charge >= 0.3 is 0 Å². The van der Waals surface area contributed by atoms with Gasteiger partial charge in [0.2, 0.25) is 0 Å². The van der Waals surface area contributed by atoms with Gasteiger partial charge in [0, 0.05) is 11.6 Å². The monoisotopic (exact) mass is 238 g/mol. The molecule has 86 valence electrons. The molecule has 2 bridgehead atoms. The summed E-state index contributed by atoms with van der Waals surface area (Å²) in [5, 5.41) is 0.560. The third-order valence-electron chi connectivity index (χ3n) is 3.57. The predicted molar refractivity (Wildman–Crippen MR) is 61.7 cm³/mol. The van der Waals surface area contributed by atoms with Gasteiger partial charge in [-0.3, -0.25) is 0 Å². The minimum atomic E-state index is 0.327. The normalized spacial score (nSPS) is 32.2. The highest BCUT2D eigenvalue weighted by molar-refractivity contribution is 6.29. The largest absolute Gasteiger partial charge is 0.374 e. The Hall–Kier alpha value is -0.670. The Bertz CT molecular complexity index is 410. The van der Waals surface area contributed by atoms with Gasteiger partial charge in [0.1, 0.15) is 11.0 Å². The van der Waals surface area contributed by atoms with E-state index in [2.05, 4.69) is 16.9 Å². The first kappa shape index (κ1) is 10.5. The van der Waals surface area contributed by atoms with Crippen LogP contribution >= 0.6 is 11.6 Å². The maximum absolute atomic E-state index is 6.02. The topological polar surface area (TPSA) is 35.0 Å². The SMILES string of the molecule is CCc1cc(Cl)nc(C2CC3CCC2O3)n1. The van der Waals surface area contributed by atoms with Crippen molar-refractivity contribution in [2.24, 2.45) is 0 Å². The highest BCUT2D eigenvalue weighted by atomic mass is 35.5. The van der Waals surface area contributed by atoms with Crippen LogP contribution in [0.2, 0.25) is 5.15 Å². The van der Waals surface area contributed by atoms with Crippen LogP contribution in [0.1, 0.15) is 43.6 Å². The Labute approximate surface area is 100 Å². The van der Waals surface area contributed by atoms with Gasteiger partial charge in [-0.15, -0.1) is 0 Å². The van der Waals surface area contributed by atoms with Gasteiger partial charge in [0.05, 0.1) is 12.2 Å². The molecule has 3 unspecified atom stereocenters. The smallest absolute Gasteiger partial charge is 0.136 e. The molecule has 2 aliphatic heterocycles. The molecule has 2 fully saturated rings. The minimum Gasteiger partial charge on any atom is -0.374 e. The van der Waals surface area contributed by atoms with Crippen LogP contribution in [0, 0.1) is 0 Å². The Balaban J connectivity index is 1.91. The van der Waals surface area contributed by atoms with Crippen molar-refractivity contribution in [1.82, 2.24) is 9.97 Å². The third kappa shape index (κ3) is 1.72. The number of ether oxygens (including phenoxy) is 1. The van der Waals surface area contributed by atoms with Crippen molar-refractivity contribution >= 4 is 11.6 Å². The Morgan fingerprint density at radius 3 is 2.94 bits per heavy atom. The lowest BCUT2D eigenvalue weighted by atomic mass is 9.88. The highest BCUT2D eigenvalue weighted by Gasteiger charge is 2.42. The number of halogens is 1. The molecule has 0 saturated carbocycles. The summed E-state index contributed by atoms with van der Waals surface area (Å²) < 4.78 is 5.83. The zero-order valence-electron chi connectivity index (χ0n) is 9.32. The summed E-state index contributed by atoms with van der Waals surface area (Å²) in [5.41, 5.74) is 1.03. The fraction of sp³-hybridized carbons (Fsp3) is 0.667. The molecule has 16 heavy (non-hydrogen) atoms. The molecule has 2 aliphatic rings. The van der Waals surface area contributed by atoms with Crippen LogP contribution in [-0.4, -0.2) is 22.2 Å². The molecule has 0 spiro atoms. The van der Waals surface area contributed by atoms with E-state index in [9.17, 15) is 0 Å². The molecular formula is C12H15ClN2O. The van der Waals surface area contributed by atoms with E-state index < -0.39 is 0 Å². The highest BCUT2D eigenvalue weighted by Crippen LogP contribution is 2.43. The molecule has 3 heterocycles. The molecule has 3 atom stereocenters. The average molecular weight is 239 g/mol. The van der Waals surface area contributed by atoms with Crippen molar-refractivity contribution in [3.63, 3.8) is 0 Å². The van der Waals surface area contributed by atoms with Gasteiger partial charge in [0.15, 0.2) is 0 Å². The average Bonchev–Trinajstić information content (AvgIpc) is 2.89. The summed E-state index contributed by atoms with van der Waals surface area (Å²) in [4.78, 5) is 8.93. The van der Waals surface area contributed by atoms with Gasteiger partial charge in [-0.25, -0.2) is 9.97 Å². The Morgan fingerprint density at radius 1 is 1.44 bits per heavy atom. The number of aryl methyl sites for hydroxylation is 1. The molecule has 0 radical (unpaired) electrons. The van der Waals surface area contributed by atoms with Crippen molar-refractivity contribution < 1.29 is 4.74 Å². The van der Waals surface area contributed by atoms with E-state index in [4.69, 9.17) is 16.3 Å². The summed E-state index contributed by atoms with van der Waals surface area (Å²) in [6, 6.07) is 1.85. The molecule has 0 aliphatic carbocycles. The van der Waals surface area contributed by atoms with E-state index >= 15 is 0 Å². The summed E-state index contributed by atoms with van der Waals surface area (Å²) in [6.07, 6.45) is 5.07. The molecule has 0 amide bonds. The van der Waals surface area contributed by atoms with Crippen LogP contribution in [0.4, 0.5) is 0 Å². The lowest BCUT2D eigenvalue weighted by Crippen LogP contribution is -2.17. The number of hydrogen-bond acceptors (Lipinski definition) is 3. The quantitative estimate of drug-likeness (QED) is 0.744. The number of nitrogens with zero attached hydrogens (tertiary/aromatic N) is 2. The second-order valence-electron chi connectivity index (χ2n) is 4.61.